The minimum Gasteiger partial charge on any atom is -0.465 e. The van der Waals surface area contributed by atoms with Gasteiger partial charge in [-0.25, -0.2) is 4.79 Å². The highest BCUT2D eigenvalue weighted by Gasteiger charge is 2.62. The fraction of sp³-hybridized carbons (Fsp3) is 0.273. The molecule has 0 radical (unpaired) electrons. The van der Waals surface area contributed by atoms with Crippen molar-refractivity contribution in [1.82, 2.24) is 5.32 Å². The number of alkyl halides is 3. The van der Waals surface area contributed by atoms with Crippen LogP contribution >= 0.6 is 0 Å². The molecule has 0 saturated carbocycles. The summed E-state index contributed by atoms with van der Waals surface area (Å²) in [5, 5.41) is 10.5. The molecule has 0 fully saturated rings. The Bertz CT molecular complexity index is 475. The molecule has 1 amide bonds. The van der Waals surface area contributed by atoms with Crippen molar-refractivity contribution in [3.05, 3.63) is 35.9 Å². The number of carbonyl (C=O) groups is 2. The Morgan fingerprint density at radius 3 is 2.16 bits per heavy atom. The number of carbonyl (C=O) groups excluding carboxylic acids is 2. The maximum Gasteiger partial charge on any atom is 0.448 e. The van der Waals surface area contributed by atoms with Gasteiger partial charge in [-0.1, -0.05) is 18.2 Å². The molecular weight excluding hydrogens is 267 g/mol. The van der Waals surface area contributed by atoms with Crippen LogP contribution in [0.5, 0.6) is 0 Å². The molecule has 0 spiro atoms. The molecule has 1 rings (SSSR count). The number of rotatable bonds is 3. The monoisotopic (exact) mass is 277 g/mol. The molecule has 0 saturated heterocycles. The van der Waals surface area contributed by atoms with E-state index in [1.807, 2.05) is 0 Å². The third kappa shape index (κ3) is 3.02. The van der Waals surface area contributed by atoms with Crippen LogP contribution in [-0.4, -0.2) is 36.0 Å². The van der Waals surface area contributed by atoms with Gasteiger partial charge < -0.3 is 15.2 Å². The molecule has 1 atom stereocenters. The van der Waals surface area contributed by atoms with Crippen LogP contribution in [0.15, 0.2) is 30.3 Å². The Kier molecular flexibility index (Phi) is 4.15. The second-order valence-electron chi connectivity index (χ2n) is 3.52. The Hall–Kier alpha value is -2.09. The van der Waals surface area contributed by atoms with Gasteiger partial charge in [0.1, 0.15) is 0 Å². The van der Waals surface area contributed by atoms with Crippen molar-refractivity contribution in [2.24, 2.45) is 0 Å². The Morgan fingerprint density at radius 2 is 1.74 bits per heavy atom. The first kappa shape index (κ1) is 15.0. The summed E-state index contributed by atoms with van der Waals surface area (Å²) in [6.45, 7) is 0. The first-order valence-electron chi connectivity index (χ1n) is 4.97. The molecule has 0 aromatic heterocycles. The van der Waals surface area contributed by atoms with Gasteiger partial charge in [-0.3, -0.25) is 4.79 Å². The van der Waals surface area contributed by atoms with Crippen LogP contribution in [0.25, 0.3) is 0 Å². The topological polar surface area (TPSA) is 75.6 Å². The largest absolute Gasteiger partial charge is 0.465 e. The summed E-state index contributed by atoms with van der Waals surface area (Å²) < 4.78 is 41.8. The summed E-state index contributed by atoms with van der Waals surface area (Å²) in [5.74, 6) is -3.28. The molecule has 0 aliphatic rings. The third-order valence-electron chi connectivity index (χ3n) is 2.22. The van der Waals surface area contributed by atoms with E-state index in [9.17, 15) is 27.9 Å². The molecule has 1 aromatic carbocycles. The van der Waals surface area contributed by atoms with Gasteiger partial charge in [0.15, 0.2) is 0 Å². The number of hydrogen-bond donors (Lipinski definition) is 2. The van der Waals surface area contributed by atoms with E-state index >= 15 is 0 Å². The molecule has 0 bridgehead atoms. The Labute approximate surface area is 106 Å². The molecule has 8 heteroatoms. The fourth-order valence-corrected chi connectivity index (χ4v) is 1.21. The molecule has 104 valence electrons. The number of hydrogen-bond acceptors (Lipinski definition) is 4. The predicted octanol–water partition coefficient (Wildman–Crippen LogP) is 0.840. The zero-order valence-corrected chi connectivity index (χ0v) is 9.69. The van der Waals surface area contributed by atoms with E-state index in [2.05, 4.69) is 4.74 Å². The summed E-state index contributed by atoms with van der Waals surface area (Å²) >= 11 is 0. The van der Waals surface area contributed by atoms with Gasteiger partial charge in [-0.2, -0.15) is 13.2 Å². The van der Waals surface area contributed by atoms with Crippen LogP contribution < -0.4 is 5.32 Å². The summed E-state index contributed by atoms with van der Waals surface area (Å²) in [6.07, 6.45) is -5.41. The molecule has 0 aliphatic carbocycles. The number of halogens is 3. The van der Waals surface area contributed by atoms with Gasteiger partial charge in [0.05, 0.1) is 7.11 Å². The molecule has 19 heavy (non-hydrogen) atoms. The number of amides is 1. The normalized spacial score (nSPS) is 14.4. The van der Waals surface area contributed by atoms with Crippen LogP contribution in [0, 0.1) is 0 Å². The third-order valence-corrected chi connectivity index (χ3v) is 2.22. The van der Waals surface area contributed by atoms with Gasteiger partial charge >= 0.3 is 17.9 Å². The number of nitrogens with one attached hydrogen (secondary N) is 1. The lowest BCUT2D eigenvalue weighted by molar-refractivity contribution is -0.268. The highest BCUT2D eigenvalue weighted by atomic mass is 19.4. The standard InChI is InChI=1S/C11H10F3NO4/c1-19-9(17)10(18,11(12,13)14)15-8(16)7-5-3-2-4-6-7/h2-6,18H,1H3,(H,15,16)/t10-/m0/s1. The van der Waals surface area contributed by atoms with E-state index in [1.54, 1.807) is 6.07 Å². The van der Waals surface area contributed by atoms with Gasteiger partial charge in [0.25, 0.3) is 5.91 Å². The van der Waals surface area contributed by atoms with Crippen molar-refractivity contribution in [2.75, 3.05) is 7.11 Å². The van der Waals surface area contributed by atoms with Crippen molar-refractivity contribution < 1.29 is 32.6 Å². The zero-order chi connectivity index (χ0) is 14.7. The zero-order valence-electron chi connectivity index (χ0n) is 9.69. The van der Waals surface area contributed by atoms with Gasteiger partial charge in [-0.05, 0) is 12.1 Å². The number of benzene rings is 1. The Morgan fingerprint density at radius 1 is 1.21 bits per heavy atom. The van der Waals surface area contributed by atoms with E-state index in [0.29, 0.717) is 7.11 Å². The quantitative estimate of drug-likeness (QED) is 0.634. The summed E-state index contributed by atoms with van der Waals surface area (Å²) in [5.41, 5.74) is -4.23. The molecule has 2 N–H and O–H groups in total. The van der Waals surface area contributed by atoms with Crippen LogP contribution in [0.1, 0.15) is 10.4 Å². The molecular formula is C11H10F3NO4. The number of methoxy groups -OCH3 is 1. The van der Waals surface area contributed by atoms with E-state index < -0.39 is 23.8 Å². The first-order valence-corrected chi connectivity index (χ1v) is 4.97. The molecule has 1 aromatic rings. The van der Waals surface area contributed by atoms with E-state index in [1.165, 1.54) is 29.6 Å². The van der Waals surface area contributed by atoms with Gasteiger partial charge in [0, 0.05) is 5.56 Å². The predicted molar refractivity (Wildman–Crippen MR) is 56.9 cm³/mol. The number of esters is 1. The maximum absolute atomic E-state index is 12.7. The molecule has 5 nitrogen and oxygen atoms in total. The van der Waals surface area contributed by atoms with Crippen LogP contribution in [0.2, 0.25) is 0 Å². The van der Waals surface area contributed by atoms with E-state index in [4.69, 9.17) is 0 Å². The van der Waals surface area contributed by atoms with Gasteiger partial charge in [0.2, 0.25) is 0 Å². The highest BCUT2D eigenvalue weighted by Crippen LogP contribution is 2.29. The van der Waals surface area contributed by atoms with Crippen molar-refractivity contribution in [2.45, 2.75) is 11.9 Å². The van der Waals surface area contributed by atoms with Gasteiger partial charge in [-0.15, -0.1) is 0 Å². The molecule has 0 aliphatic heterocycles. The second-order valence-corrected chi connectivity index (χ2v) is 3.52. The van der Waals surface area contributed by atoms with E-state index in [0.717, 1.165) is 0 Å². The SMILES string of the molecule is COC(=O)[C@@](O)(NC(=O)c1ccccc1)C(F)(F)F. The van der Waals surface area contributed by atoms with Crippen LogP contribution in [0.4, 0.5) is 13.2 Å². The molecule has 0 heterocycles. The average Bonchev–Trinajstić information content (AvgIpc) is 2.37. The summed E-state index contributed by atoms with van der Waals surface area (Å²) in [4.78, 5) is 22.6. The van der Waals surface area contributed by atoms with Crippen molar-refractivity contribution in [1.29, 1.82) is 0 Å². The lowest BCUT2D eigenvalue weighted by atomic mass is 10.1. The number of ether oxygens (including phenoxy) is 1. The van der Waals surface area contributed by atoms with E-state index in [-0.39, 0.29) is 5.56 Å². The smallest absolute Gasteiger partial charge is 0.448 e. The number of aliphatic hydroxyl groups is 1. The first-order chi connectivity index (χ1) is 8.72. The van der Waals surface area contributed by atoms with Crippen LogP contribution in [0.3, 0.4) is 0 Å². The summed E-state index contributed by atoms with van der Waals surface area (Å²) in [7, 11) is 0.660. The second kappa shape index (κ2) is 5.27. The Balaban J connectivity index is 3.04. The van der Waals surface area contributed by atoms with Crippen LogP contribution in [-0.2, 0) is 9.53 Å². The summed E-state index contributed by atoms with van der Waals surface area (Å²) in [6, 6.07) is 6.83. The van der Waals surface area contributed by atoms with Crippen molar-refractivity contribution >= 4 is 11.9 Å². The lowest BCUT2D eigenvalue weighted by Gasteiger charge is -2.28. The highest BCUT2D eigenvalue weighted by molar-refractivity contribution is 5.97. The minimum atomic E-state index is -5.41. The van der Waals surface area contributed by atoms with Crippen molar-refractivity contribution in [3.8, 4) is 0 Å². The average molecular weight is 277 g/mol. The lowest BCUT2D eigenvalue weighted by Crippen LogP contribution is -2.64. The maximum atomic E-state index is 12.7. The molecule has 0 unspecified atom stereocenters. The van der Waals surface area contributed by atoms with Crippen molar-refractivity contribution in [3.63, 3.8) is 0 Å². The minimum absolute atomic E-state index is 0.144. The fourth-order valence-electron chi connectivity index (χ4n) is 1.21.